The lowest BCUT2D eigenvalue weighted by atomic mass is 10.1. The van der Waals surface area contributed by atoms with E-state index in [-0.39, 0.29) is 18.2 Å². The van der Waals surface area contributed by atoms with Crippen molar-refractivity contribution < 1.29 is 14.3 Å². The van der Waals surface area contributed by atoms with Crippen molar-refractivity contribution in [3.63, 3.8) is 0 Å². The smallest absolute Gasteiger partial charge is 0.256 e. The standard InChI is InChI=1S/C19H20N2O3/c1-12-5-4-6-16(13(12)2)20-17-11-18(22)21(19(17)23)14-7-9-15(24-3)10-8-14/h4-10,17,20H,11H2,1-3H3/t17-/m1/s1. The molecule has 0 aromatic heterocycles. The highest BCUT2D eigenvalue weighted by molar-refractivity contribution is 6.23. The summed E-state index contributed by atoms with van der Waals surface area (Å²) < 4.78 is 5.11. The number of nitrogens with one attached hydrogen (secondary N) is 1. The molecule has 0 radical (unpaired) electrons. The van der Waals surface area contributed by atoms with Crippen molar-refractivity contribution in [2.75, 3.05) is 17.3 Å². The monoisotopic (exact) mass is 324 g/mol. The SMILES string of the molecule is COc1ccc(N2C(=O)C[C@@H](Nc3cccc(C)c3C)C2=O)cc1. The third-order valence-electron chi connectivity index (χ3n) is 4.41. The Morgan fingerprint density at radius 2 is 1.79 bits per heavy atom. The summed E-state index contributed by atoms with van der Waals surface area (Å²) in [5, 5.41) is 3.22. The number of carbonyl (C=O) groups is 2. The van der Waals surface area contributed by atoms with Crippen molar-refractivity contribution in [3.05, 3.63) is 53.6 Å². The molecule has 3 rings (SSSR count). The molecule has 0 spiro atoms. The average molecular weight is 324 g/mol. The molecule has 124 valence electrons. The lowest BCUT2D eigenvalue weighted by molar-refractivity contribution is -0.121. The molecular formula is C19H20N2O3. The first-order chi connectivity index (χ1) is 11.5. The molecule has 24 heavy (non-hydrogen) atoms. The number of aryl methyl sites for hydroxylation is 1. The van der Waals surface area contributed by atoms with Crippen molar-refractivity contribution in [2.45, 2.75) is 26.3 Å². The molecule has 0 saturated carbocycles. The van der Waals surface area contributed by atoms with Gasteiger partial charge in [-0.15, -0.1) is 0 Å². The summed E-state index contributed by atoms with van der Waals surface area (Å²) in [7, 11) is 1.57. The maximum Gasteiger partial charge on any atom is 0.256 e. The molecule has 5 nitrogen and oxygen atoms in total. The highest BCUT2D eigenvalue weighted by Crippen LogP contribution is 2.28. The molecule has 0 unspecified atom stereocenters. The minimum atomic E-state index is -0.542. The van der Waals surface area contributed by atoms with E-state index in [0.29, 0.717) is 11.4 Å². The fourth-order valence-corrected chi connectivity index (χ4v) is 2.84. The van der Waals surface area contributed by atoms with Gasteiger partial charge in [0.25, 0.3) is 5.91 Å². The van der Waals surface area contributed by atoms with Crippen molar-refractivity contribution in [3.8, 4) is 5.75 Å². The van der Waals surface area contributed by atoms with Gasteiger partial charge < -0.3 is 10.1 Å². The molecule has 1 atom stereocenters. The number of carbonyl (C=O) groups excluding carboxylic acids is 2. The van der Waals surface area contributed by atoms with Gasteiger partial charge in [-0.2, -0.15) is 0 Å². The quantitative estimate of drug-likeness (QED) is 0.878. The van der Waals surface area contributed by atoms with Crippen molar-refractivity contribution in [2.24, 2.45) is 0 Å². The molecule has 1 fully saturated rings. The van der Waals surface area contributed by atoms with Crippen LogP contribution in [0.3, 0.4) is 0 Å². The minimum Gasteiger partial charge on any atom is -0.497 e. The third-order valence-corrected chi connectivity index (χ3v) is 4.41. The number of amides is 2. The second kappa shape index (κ2) is 6.35. The highest BCUT2D eigenvalue weighted by atomic mass is 16.5. The summed E-state index contributed by atoms with van der Waals surface area (Å²) in [5.41, 5.74) is 3.68. The molecule has 2 amide bonds. The summed E-state index contributed by atoms with van der Waals surface area (Å²) in [5.74, 6) is 0.252. The van der Waals surface area contributed by atoms with E-state index in [0.717, 1.165) is 16.8 Å². The molecule has 1 saturated heterocycles. The zero-order valence-corrected chi connectivity index (χ0v) is 14.0. The van der Waals surface area contributed by atoms with Gasteiger partial charge in [0.05, 0.1) is 19.2 Å². The van der Waals surface area contributed by atoms with Crippen LogP contribution in [0.5, 0.6) is 5.75 Å². The van der Waals surface area contributed by atoms with Crippen LogP contribution in [0, 0.1) is 13.8 Å². The minimum absolute atomic E-state index is 0.151. The predicted molar refractivity (Wildman–Crippen MR) is 93.4 cm³/mol. The normalized spacial score (nSPS) is 17.3. The molecule has 0 bridgehead atoms. The van der Waals surface area contributed by atoms with Crippen LogP contribution in [0.15, 0.2) is 42.5 Å². The number of nitrogens with zero attached hydrogens (tertiary/aromatic N) is 1. The van der Waals surface area contributed by atoms with Gasteiger partial charge in [-0.1, -0.05) is 12.1 Å². The molecule has 1 aliphatic rings. The van der Waals surface area contributed by atoms with Gasteiger partial charge in [-0.3, -0.25) is 9.59 Å². The van der Waals surface area contributed by atoms with Crippen LogP contribution in [-0.2, 0) is 9.59 Å². The van der Waals surface area contributed by atoms with Gasteiger partial charge in [-0.05, 0) is 55.3 Å². The lowest BCUT2D eigenvalue weighted by Gasteiger charge is -2.18. The van der Waals surface area contributed by atoms with E-state index in [1.54, 1.807) is 31.4 Å². The molecule has 2 aromatic carbocycles. The maximum absolute atomic E-state index is 12.7. The van der Waals surface area contributed by atoms with Crippen molar-refractivity contribution in [1.82, 2.24) is 0 Å². The molecule has 1 heterocycles. The van der Waals surface area contributed by atoms with Gasteiger partial charge in [-0.25, -0.2) is 4.90 Å². The summed E-state index contributed by atoms with van der Waals surface area (Å²) in [4.78, 5) is 26.2. The van der Waals surface area contributed by atoms with E-state index in [1.165, 1.54) is 4.90 Å². The third kappa shape index (κ3) is 2.85. The Morgan fingerprint density at radius 1 is 1.08 bits per heavy atom. The second-order valence-electron chi connectivity index (χ2n) is 5.91. The maximum atomic E-state index is 12.7. The first-order valence-electron chi connectivity index (χ1n) is 7.85. The van der Waals surface area contributed by atoms with Crippen LogP contribution in [0.25, 0.3) is 0 Å². The lowest BCUT2D eigenvalue weighted by Crippen LogP contribution is -2.34. The highest BCUT2D eigenvalue weighted by Gasteiger charge is 2.39. The van der Waals surface area contributed by atoms with Crippen LogP contribution < -0.4 is 15.0 Å². The second-order valence-corrected chi connectivity index (χ2v) is 5.91. The number of imide groups is 1. The summed E-state index contributed by atoms with van der Waals surface area (Å²) in [6, 6.07) is 12.3. The van der Waals surface area contributed by atoms with Crippen LogP contribution in [0.1, 0.15) is 17.5 Å². The topological polar surface area (TPSA) is 58.6 Å². The Labute approximate surface area is 141 Å². The number of ether oxygens (including phenoxy) is 1. The molecule has 0 aliphatic carbocycles. The molecule has 1 aliphatic heterocycles. The van der Waals surface area contributed by atoms with Crippen LogP contribution in [0.2, 0.25) is 0 Å². The van der Waals surface area contributed by atoms with E-state index < -0.39 is 6.04 Å². The van der Waals surface area contributed by atoms with E-state index in [9.17, 15) is 9.59 Å². The first kappa shape index (κ1) is 16.1. The van der Waals surface area contributed by atoms with E-state index in [1.807, 2.05) is 32.0 Å². The molecule has 1 N–H and O–H groups in total. The fourth-order valence-electron chi connectivity index (χ4n) is 2.84. The van der Waals surface area contributed by atoms with E-state index >= 15 is 0 Å². The number of rotatable bonds is 4. The Bertz CT molecular complexity index is 784. The van der Waals surface area contributed by atoms with Crippen LogP contribution in [-0.4, -0.2) is 25.0 Å². The van der Waals surface area contributed by atoms with Gasteiger partial charge in [0.1, 0.15) is 11.8 Å². The zero-order valence-electron chi connectivity index (χ0n) is 14.0. The molecule has 5 heteroatoms. The summed E-state index contributed by atoms with van der Waals surface area (Å²) in [6.45, 7) is 4.02. The number of hydrogen-bond acceptors (Lipinski definition) is 4. The van der Waals surface area contributed by atoms with E-state index in [2.05, 4.69) is 5.32 Å². The zero-order chi connectivity index (χ0) is 17.3. The van der Waals surface area contributed by atoms with E-state index in [4.69, 9.17) is 4.74 Å². The first-order valence-corrected chi connectivity index (χ1v) is 7.85. The van der Waals surface area contributed by atoms with Crippen LogP contribution in [0.4, 0.5) is 11.4 Å². The summed E-state index contributed by atoms with van der Waals surface area (Å²) in [6.07, 6.45) is 0.151. The average Bonchev–Trinajstić information content (AvgIpc) is 2.86. The number of methoxy groups -OCH3 is 1. The fraction of sp³-hybridized carbons (Fsp3) is 0.263. The predicted octanol–water partition coefficient (Wildman–Crippen LogP) is 3.06. The Hall–Kier alpha value is -2.82. The molecular weight excluding hydrogens is 304 g/mol. The van der Waals surface area contributed by atoms with Gasteiger partial charge in [0.2, 0.25) is 5.91 Å². The molecule has 2 aromatic rings. The Balaban J connectivity index is 1.82. The summed E-state index contributed by atoms with van der Waals surface area (Å²) >= 11 is 0. The number of hydrogen-bond donors (Lipinski definition) is 1. The largest absolute Gasteiger partial charge is 0.497 e. The van der Waals surface area contributed by atoms with Gasteiger partial charge in [0.15, 0.2) is 0 Å². The van der Waals surface area contributed by atoms with Gasteiger partial charge in [0, 0.05) is 5.69 Å². The van der Waals surface area contributed by atoms with Crippen LogP contribution >= 0.6 is 0 Å². The Morgan fingerprint density at radius 3 is 2.46 bits per heavy atom. The van der Waals surface area contributed by atoms with Crippen molar-refractivity contribution >= 4 is 23.2 Å². The number of anilines is 2. The number of benzene rings is 2. The van der Waals surface area contributed by atoms with Gasteiger partial charge >= 0.3 is 0 Å². The Kier molecular flexibility index (Phi) is 4.25. The van der Waals surface area contributed by atoms with Crippen molar-refractivity contribution in [1.29, 1.82) is 0 Å².